The van der Waals surface area contributed by atoms with Gasteiger partial charge >= 0.3 is 0 Å². The molecule has 0 saturated heterocycles. The molecule has 300 valence electrons. The molecule has 0 bridgehead atoms. The maximum atomic E-state index is 2.51. The summed E-state index contributed by atoms with van der Waals surface area (Å²) in [5.41, 5.74) is 15.2. The lowest BCUT2D eigenvalue weighted by atomic mass is 9.92. The third-order valence-electron chi connectivity index (χ3n) is 12.8. The van der Waals surface area contributed by atoms with Crippen molar-refractivity contribution in [2.75, 3.05) is 4.90 Å². The Morgan fingerprint density at radius 2 is 0.703 bits per heavy atom. The number of hydrogen-bond acceptors (Lipinski definition) is 1. The molecule has 1 heterocycles. The van der Waals surface area contributed by atoms with E-state index in [-0.39, 0.29) is 0 Å². The molecule has 0 fully saturated rings. The molecule has 0 saturated carbocycles. The van der Waals surface area contributed by atoms with Crippen LogP contribution < -0.4 is 4.90 Å². The van der Waals surface area contributed by atoms with Crippen molar-refractivity contribution in [1.82, 2.24) is 4.57 Å². The first kappa shape index (κ1) is 37.3. The lowest BCUT2D eigenvalue weighted by Crippen LogP contribution is -2.10. The summed E-state index contributed by atoms with van der Waals surface area (Å²) in [5, 5.41) is 8.70. The summed E-state index contributed by atoms with van der Waals surface area (Å²) in [6, 6.07) is 92.5. The van der Waals surface area contributed by atoms with E-state index in [4.69, 9.17) is 0 Å². The molecule has 0 atom stereocenters. The molecular weight excluding hydrogens is 773 g/mol. The summed E-state index contributed by atoms with van der Waals surface area (Å²) >= 11 is 0. The summed E-state index contributed by atoms with van der Waals surface area (Å²) < 4.78 is 2.51. The minimum absolute atomic E-state index is 1.10. The van der Waals surface area contributed by atoms with Gasteiger partial charge in [0.15, 0.2) is 0 Å². The third kappa shape index (κ3) is 6.35. The second-order valence-electron chi connectivity index (χ2n) is 16.4. The van der Waals surface area contributed by atoms with E-state index in [1.807, 2.05) is 0 Å². The van der Waals surface area contributed by atoms with Crippen molar-refractivity contribution in [3.63, 3.8) is 0 Å². The number of rotatable bonds is 8. The van der Waals surface area contributed by atoms with Crippen LogP contribution >= 0.6 is 0 Å². The number of benzene rings is 11. The van der Waals surface area contributed by atoms with E-state index in [9.17, 15) is 0 Å². The van der Waals surface area contributed by atoms with E-state index in [0.29, 0.717) is 0 Å². The molecule has 0 aliphatic rings. The van der Waals surface area contributed by atoms with Gasteiger partial charge in [-0.2, -0.15) is 0 Å². The highest BCUT2D eigenvalue weighted by atomic mass is 15.1. The van der Waals surface area contributed by atoms with Crippen molar-refractivity contribution in [2.45, 2.75) is 0 Å². The molecule has 1 aromatic heterocycles. The minimum atomic E-state index is 1.10. The Labute approximate surface area is 373 Å². The largest absolute Gasteiger partial charge is 0.310 e. The number of fused-ring (bicyclic) bond motifs is 7. The van der Waals surface area contributed by atoms with Crippen LogP contribution in [0, 0.1) is 0 Å². The van der Waals surface area contributed by atoms with E-state index in [2.05, 4.69) is 264 Å². The number of hydrogen-bond donors (Lipinski definition) is 0. The van der Waals surface area contributed by atoms with Gasteiger partial charge in [-0.15, -0.1) is 0 Å². The SMILES string of the molecule is c1ccc(-c2ccc(N(c3ccc(-c4ccc(-n5c(-c6ccccc6)c(-c6ccccc6)c6c7ccccc7c7ccccc7c65)cc4)cc3)c3cccc4ccccc34)cc2)cc1. The zero-order valence-corrected chi connectivity index (χ0v) is 35.1. The van der Waals surface area contributed by atoms with E-state index in [1.165, 1.54) is 76.7 Å². The molecule has 0 radical (unpaired) electrons. The summed E-state index contributed by atoms with van der Waals surface area (Å²) in [5.74, 6) is 0. The maximum Gasteiger partial charge on any atom is 0.0626 e. The molecule has 0 amide bonds. The van der Waals surface area contributed by atoms with Crippen LogP contribution in [0.5, 0.6) is 0 Å². The highest BCUT2D eigenvalue weighted by Crippen LogP contribution is 2.49. The summed E-state index contributed by atoms with van der Waals surface area (Å²) in [6.07, 6.45) is 0. The van der Waals surface area contributed by atoms with Gasteiger partial charge in [0, 0.05) is 38.8 Å². The van der Waals surface area contributed by atoms with Crippen LogP contribution in [0.25, 0.3) is 93.5 Å². The standard InChI is InChI=1S/C62H42N2/c1-4-17-43(18-5-1)44-31-37-50(38-32-44)63(58-30-16-24-47-19-10-11-25-53(47)58)51-39-33-45(34-40-51)46-35-41-52(42-36-46)64-61(49-22-8-3-9-23-49)59(48-20-6-2-7-21-48)60-56-28-14-12-26-54(56)55-27-13-15-29-57(55)62(60)64/h1-42H. The van der Waals surface area contributed by atoms with Crippen LogP contribution in [0.2, 0.25) is 0 Å². The Morgan fingerprint density at radius 1 is 0.281 bits per heavy atom. The normalized spacial score (nSPS) is 11.4. The number of anilines is 3. The molecule has 0 N–H and O–H groups in total. The van der Waals surface area contributed by atoms with Gasteiger partial charge in [0.2, 0.25) is 0 Å². The smallest absolute Gasteiger partial charge is 0.0626 e. The highest BCUT2D eigenvalue weighted by molar-refractivity contribution is 6.30. The van der Waals surface area contributed by atoms with Crippen LogP contribution in [0.1, 0.15) is 0 Å². The van der Waals surface area contributed by atoms with Crippen molar-refractivity contribution in [3.8, 4) is 50.3 Å². The lowest BCUT2D eigenvalue weighted by molar-refractivity contribution is 1.14. The van der Waals surface area contributed by atoms with Crippen LogP contribution in [-0.2, 0) is 0 Å². The molecule has 0 unspecified atom stereocenters. The second kappa shape index (κ2) is 15.8. The molecule has 2 heteroatoms. The summed E-state index contributed by atoms with van der Waals surface area (Å²) in [7, 11) is 0. The van der Waals surface area contributed by atoms with Gasteiger partial charge in [0.1, 0.15) is 0 Å². The van der Waals surface area contributed by atoms with Crippen LogP contribution in [0.15, 0.2) is 255 Å². The maximum absolute atomic E-state index is 2.51. The van der Waals surface area contributed by atoms with E-state index in [0.717, 1.165) is 33.9 Å². The van der Waals surface area contributed by atoms with Crippen molar-refractivity contribution >= 4 is 60.3 Å². The van der Waals surface area contributed by atoms with Crippen molar-refractivity contribution < 1.29 is 0 Å². The third-order valence-corrected chi connectivity index (χ3v) is 12.8. The van der Waals surface area contributed by atoms with Gasteiger partial charge < -0.3 is 9.47 Å². The Hall–Kier alpha value is -8.46. The molecule has 2 nitrogen and oxygen atoms in total. The molecule has 0 aliphatic heterocycles. The monoisotopic (exact) mass is 814 g/mol. The first-order valence-corrected chi connectivity index (χ1v) is 22.0. The van der Waals surface area contributed by atoms with Gasteiger partial charge in [0.05, 0.1) is 16.9 Å². The van der Waals surface area contributed by atoms with Gasteiger partial charge in [-0.3, -0.25) is 0 Å². The minimum Gasteiger partial charge on any atom is -0.310 e. The predicted molar refractivity (Wildman–Crippen MR) is 272 cm³/mol. The Kier molecular flexibility index (Phi) is 9.20. The van der Waals surface area contributed by atoms with E-state index < -0.39 is 0 Å². The van der Waals surface area contributed by atoms with Crippen LogP contribution in [-0.4, -0.2) is 4.57 Å². The highest BCUT2D eigenvalue weighted by Gasteiger charge is 2.25. The van der Waals surface area contributed by atoms with Gasteiger partial charge in [0.25, 0.3) is 0 Å². The van der Waals surface area contributed by atoms with E-state index >= 15 is 0 Å². The quantitative estimate of drug-likeness (QED) is 0.139. The fraction of sp³-hybridized carbons (Fsp3) is 0. The molecule has 12 aromatic rings. The lowest BCUT2D eigenvalue weighted by Gasteiger charge is -2.27. The number of nitrogens with zero attached hydrogens (tertiary/aromatic N) is 2. The zero-order valence-electron chi connectivity index (χ0n) is 35.1. The Bertz CT molecular complexity index is 3600. The second-order valence-corrected chi connectivity index (χ2v) is 16.4. The fourth-order valence-corrected chi connectivity index (χ4v) is 9.83. The first-order chi connectivity index (χ1) is 31.8. The fourth-order valence-electron chi connectivity index (χ4n) is 9.83. The van der Waals surface area contributed by atoms with Crippen molar-refractivity contribution in [2.24, 2.45) is 0 Å². The Balaban J connectivity index is 0.997. The van der Waals surface area contributed by atoms with Gasteiger partial charge in [-0.1, -0.05) is 212 Å². The van der Waals surface area contributed by atoms with Gasteiger partial charge in [-0.05, 0) is 97.4 Å². The zero-order chi connectivity index (χ0) is 42.4. The van der Waals surface area contributed by atoms with Crippen molar-refractivity contribution in [3.05, 3.63) is 255 Å². The average molecular weight is 815 g/mol. The topological polar surface area (TPSA) is 8.17 Å². The van der Waals surface area contributed by atoms with Gasteiger partial charge in [-0.25, -0.2) is 0 Å². The first-order valence-electron chi connectivity index (χ1n) is 22.0. The average Bonchev–Trinajstić information content (AvgIpc) is 3.75. The van der Waals surface area contributed by atoms with E-state index in [1.54, 1.807) is 0 Å². The van der Waals surface area contributed by atoms with Crippen molar-refractivity contribution in [1.29, 1.82) is 0 Å². The molecule has 12 rings (SSSR count). The summed E-state index contributed by atoms with van der Waals surface area (Å²) in [6.45, 7) is 0. The molecule has 11 aromatic carbocycles. The Morgan fingerprint density at radius 3 is 1.30 bits per heavy atom. The molecule has 0 spiro atoms. The predicted octanol–water partition coefficient (Wildman–Crippen LogP) is 17.2. The molecule has 0 aliphatic carbocycles. The number of aromatic nitrogens is 1. The van der Waals surface area contributed by atoms with Crippen LogP contribution in [0.3, 0.4) is 0 Å². The summed E-state index contributed by atoms with van der Waals surface area (Å²) in [4.78, 5) is 2.38. The molecular formula is C62H42N2. The van der Waals surface area contributed by atoms with Crippen LogP contribution in [0.4, 0.5) is 17.1 Å². The molecule has 64 heavy (non-hydrogen) atoms.